The number of carbonyl (C=O) groups is 1. The second-order valence-electron chi connectivity index (χ2n) is 7.39. The Labute approximate surface area is 168 Å². The van der Waals surface area contributed by atoms with Crippen LogP contribution in [-0.4, -0.2) is 41.4 Å². The molecule has 0 saturated carbocycles. The largest absolute Gasteiger partial charge is 0.416 e. The summed E-state index contributed by atoms with van der Waals surface area (Å²) in [6.45, 7) is 2.49. The molecular formula is C21H25F3N4O. The molecule has 2 heterocycles. The van der Waals surface area contributed by atoms with E-state index in [0.717, 1.165) is 31.4 Å². The zero-order valence-electron chi connectivity index (χ0n) is 16.8. The normalized spacial score (nSPS) is 17.3. The van der Waals surface area contributed by atoms with Gasteiger partial charge in [0.15, 0.2) is 0 Å². The Morgan fingerprint density at radius 3 is 2.48 bits per heavy atom. The van der Waals surface area contributed by atoms with E-state index in [2.05, 4.69) is 4.98 Å². The van der Waals surface area contributed by atoms with Gasteiger partial charge in [0.1, 0.15) is 0 Å². The first-order valence-corrected chi connectivity index (χ1v) is 9.73. The van der Waals surface area contributed by atoms with E-state index in [1.807, 2.05) is 25.9 Å². The van der Waals surface area contributed by atoms with Crippen LogP contribution < -0.4 is 4.90 Å². The fourth-order valence-electron chi connectivity index (χ4n) is 3.63. The Morgan fingerprint density at radius 2 is 1.90 bits per heavy atom. The molecule has 1 fully saturated rings. The predicted molar refractivity (Wildman–Crippen MR) is 105 cm³/mol. The fraction of sp³-hybridized carbons (Fsp3) is 0.476. The van der Waals surface area contributed by atoms with Crippen LogP contribution >= 0.6 is 0 Å². The molecule has 1 aliphatic rings. The molecule has 29 heavy (non-hydrogen) atoms. The SMILES string of the molecule is CCC(=O)N1CCCC[C@H]1c1nc(N(C)C)ncc1-c1ccc(C(F)(F)F)cc1. The molecule has 0 N–H and O–H groups in total. The van der Waals surface area contributed by atoms with Crippen molar-refractivity contribution >= 4 is 11.9 Å². The maximum absolute atomic E-state index is 12.9. The van der Waals surface area contributed by atoms with Gasteiger partial charge in [0.25, 0.3) is 0 Å². The molecule has 2 aromatic rings. The van der Waals surface area contributed by atoms with Crippen molar-refractivity contribution in [2.24, 2.45) is 0 Å². The summed E-state index contributed by atoms with van der Waals surface area (Å²) in [6.07, 6.45) is 0.320. The Hall–Kier alpha value is -2.64. The molecule has 0 aliphatic carbocycles. The second-order valence-corrected chi connectivity index (χ2v) is 7.39. The Kier molecular flexibility index (Phi) is 6.10. The number of hydrogen-bond acceptors (Lipinski definition) is 4. The lowest BCUT2D eigenvalue weighted by atomic mass is 9.93. The highest BCUT2D eigenvalue weighted by atomic mass is 19.4. The second kappa shape index (κ2) is 8.39. The Balaban J connectivity index is 2.09. The number of hydrogen-bond donors (Lipinski definition) is 0. The third kappa shape index (κ3) is 4.52. The number of nitrogens with zero attached hydrogens (tertiary/aromatic N) is 4. The minimum Gasteiger partial charge on any atom is -0.347 e. The highest BCUT2D eigenvalue weighted by Gasteiger charge is 2.32. The van der Waals surface area contributed by atoms with Gasteiger partial charge in [-0.2, -0.15) is 13.2 Å². The van der Waals surface area contributed by atoms with Crippen LogP contribution in [0.2, 0.25) is 0 Å². The lowest BCUT2D eigenvalue weighted by molar-refractivity contribution is -0.137. The molecule has 1 saturated heterocycles. The van der Waals surface area contributed by atoms with Gasteiger partial charge in [0, 0.05) is 38.8 Å². The monoisotopic (exact) mass is 406 g/mol. The zero-order valence-corrected chi connectivity index (χ0v) is 16.8. The van der Waals surface area contributed by atoms with E-state index in [4.69, 9.17) is 4.98 Å². The van der Waals surface area contributed by atoms with Gasteiger partial charge >= 0.3 is 6.18 Å². The molecule has 0 radical (unpaired) electrons. The summed E-state index contributed by atoms with van der Waals surface area (Å²) in [5, 5.41) is 0. The maximum Gasteiger partial charge on any atom is 0.416 e. The van der Waals surface area contributed by atoms with E-state index >= 15 is 0 Å². The van der Waals surface area contributed by atoms with Crippen molar-refractivity contribution in [3.8, 4) is 11.1 Å². The molecule has 1 aromatic carbocycles. The van der Waals surface area contributed by atoms with Crippen LogP contribution in [0.1, 0.15) is 49.9 Å². The average molecular weight is 406 g/mol. The Bertz CT molecular complexity index is 865. The number of halogens is 3. The van der Waals surface area contributed by atoms with Crippen molar-refractivity contribution in [3.05, 3.63) is 41.7 Å². The molecular weight excluding hydrogens is 381 g/mol. The summed E-state index contributed by atoms with van der Waals surface area (Å²) < 4.78 is 38.8. The number of benzene rings is 1. The van der Waals surface area contributed by atoms with Crippen molar-refractivity contribution in [2.75, 3.05) is 25.5 Å². The van der Waals surface area contributed by atoms with Crippen LogP contribution in [0.25, 0.3) is 11.1 Å². The van der Waals surface area contributed by atoms with E-state index < -0.39 is 11.7 Å². The molecule has 3 rings (SSSR count). The average Bonchev–Trinajstić information content (AvgIpc) is 2.72. The number of likely N-dealkylation sites (tertiary alicyclic amines) is 1. The van der Waals surface area contributed by atoms with Crippen LogP contribution in [-0.2, 0) is 11.0 Å². The predicted octanol–water partition coefficient (Wildman–Crippen LogP) is 4.69. The number of rotatable bonds is 4. The van der Waals surface area contributed by atoms with Gasteiger partial charge in [0.05, 0.1) is 17.3 Å². The number of piperidine rings is 1. The number of aromatic nitrogens is 2. The van der Waals surface area contributed by atoms with Gasteiger partial charge in [0.2, 0.25) is 11.9 Å². The zero-order chi connectivity index (χ0) is 21.2. The first-order chi connectivity index (χ1) is 13.7. The van der Waals surface area contributed by atoms with Crippen LogP contribution in [0.4, 0.5) is 19.1 Å². The first-order valence-electron chi connectivity index (χ1n) is 9.73. The quantitative estimate of drug-likeness (QED) is 0.739. The van der Waals surface area contributed by atoms with Crippen LogP contribution in [0.3, 0.4) is 0 Å². The molecule has 8 heteroatoms. The maximum atomic E-state index is 12.9. The van der Waals surface area contributed by atoms with E-state index in [1.54, 1.807) is 11.1 Å². The third-order valence-electron chi connectivity index (χ3n) is 5.17. The summed E-state index contributed by atoms with van der Waals surface area (Å²) in [5.74, 6) is 0.559. The number of carbonyl (C=O) groups excluding carboxylic acids is 1. The van der Waals surface area contributed by atoms with Crippen molar-refractivity contribution in [1.82, 2.24) is 14.9 Å². The van der Waals surface area contributed by atoms with Gasteiger partial charge in [-0.15, -0.1) is 0 Å². The lowest BCUT2D eigenvalue weighted by Crippen LogP contribution is -2.39. The molecule has 1 aliphatic heterocycles. The van der Waals surface area contributed by atoms with E-state index in [9.17, 15) is 18.0 Å². The van der Waals surface area contributed by atoms with Crippen LogP contribution in [0, 0.1) is 0 Å². The summed E-state index contributed by atoms with van der Waals surface area (Å²) in [4.78, 5) is 25.2. The third-order valence-corrected chi connectivity index (χ3v) is 5.17. The first kappa shape index (κ1) is 21.1. The van der Waals surface area contributed by atoms with Crippen LogP contribution in [0.5, 0.6) is 0 Å². The van der Waals surface area contributed by atoms with E-state index in [1.165, 1.54) is 12.1 Å². The molecule has 1 amide bonds. The highest BCUT2D eigenvalue weighted by molar-refractivity contribution is 5.77. The van der Waals surface area contributed by atoms with Crippen molar-refractivity contribution in [3.63, 3.8) is 0 Å². The minimum atomic E-state index is -4.39. The fourth-order valence-corrected chi connectivity index (χ4v) is 3.63. The molecule has 156 valence electrons. The molecule has 1 atom stereocenters. The van der Waals surface area contributed by atoms with Gasteiger partial charge < -0.3 is 9.80 Å². The Morgan fingerprint density at radius 1 is 1.21 bits per heavy atom. The summed E-state index contributed by atoms with van der Waals surface area (Å²) in [6, 6.07) is 4.80. The molecule has 0 unspecified atom stereocenters. The molecule has 5 nitrogen and oxygen atoms in total. The number of anilines is 1. The van der Waals surface area contributed by atoms with E-state index in [0.29, 0.717) is 35.7 Å². The molecule has 1 aromatic heterocycles. The number of alkyl halides is 3. The van der Waals surface area contributed by atoms with Gasteiger partial charge in [-0.25, -0.2) is 9.97 Å². The van der Waals surface area contributed by atoms with Gasteiger partial charge in [-0.1, -0.05) is 19.1 Å². The van der Waals surface area contributed by atoms with E-state index in [-0.39, 0.29) is 11.9 Å². The lowest BCUT2D eigenvalue weighted by Gasteiger charge is -2.36. The number of amides is 1. The summed E-state index contributed by atoms with van der Waals surface area (Å²) in [7, 11) is 3.65. The smallest absolute Gasteiger partial charge is 0.347 e. The van der Waals surface area contributed by atoms with Gasteiger partial charge in [-0.05, 0) is 37.0 Å². The highest BCUT2D eigenvalue weighted by Crippen LogP contribution is 2.37. The summed E-state index contributed by atoms with van der Waals surface area (Å²) in [5.41, 5.74) is 1.25. The summed E-state index contributed by atoms with van der Waals surface area (Å²) >= 11 is 0. The van der Waals surface area contributed by atoms with Crippen molar-refractivity contribution < 1.29 is 18.0 Å². The topological polar surface area (TPSA) is 49.3 Å². The van der Waals surface area contributed by atoms with Gasteiger partial charge in [-0.3, -0.25) is 4.79 Å². The van der Waals surface area contributed by atoms with Crippen LogP contribution in [0.15, 0.2) is 30.5 Å². The minimum absolute atomic E-state index is 0.0538. The molecule has 0 spiro atoms. The standard InChI is InChI=1S/C21H25F3N4O/c1-4-18(29)28-12-6-5-7-17(28)19-16(13-25-20(26-19)27(2)3)14-8-10-15(11-9-14)21(22,23)24/h8-11,13,17H,4-7,12H2,1-3H3/t17-/m0/s1. The van der Waals surface area contributed by atoms with Crippen molar-refractivity contribution in [2.45, 2.75) is 44.8 Å². The van der Waals surface area contributed by atoms with Crippen molar-refractivity contribution in [1.29, 1.82) is 0 Å². The molecule has 0 bridgehead atoms.